The van der Waals surface area contributed by atoms with E-state index in [1.54, 1.807) is 23.1 Å². The largest absolute Gasteiger partial charge is 0.350 e. The summed E-state index contributed by atoms with van der Waals surface area (Å²) in [5.74, 6) is -0.326. The lowest BCUT2D eigenvalue weighted by atomic mass is 10.0. The molecule has 4 nitrogen and oxygen atoms in total. The van der Waals surface area contributed by atoms with Crippen LogP contribution in [0, 0.1) is 13.8 Å². The summed E-state index contributed by atoms with van der Waals surface area (Å²) >= 11 is 12.8. The number of carbonyl (C=O) groups excluding carboxylic acids is 2. The van der Waals surface area contributed by atoms with Crippen LogP contribution in [0.1, 0.15) is 56.4 Å². The predicted molar refractivity (Wildman–Crippen MR) is 129 cm³/mol. The maximum atomic E-state index is 13.5. The average molecular weight is 463 g/mol. The molecule has 1 atom stereocenters. The number of carbonyl (C=O) groups is 2. The molecule has 2 aromatic carbocycles. The number of amides is 2. The number of hydrogen-bond donors (Lipinski definition) is 1. The molecule has 1 unspecified atom stereocenters. The van der Waals surface area contributed by atoms with Gasteiger partial charge in [-0.2, -0.15) is 0 Å². The molecule has 0 fully saturated rings. The maximum Gasteiger partial charge on any atom is 0.243 e. The Balaban J connectivity index is 2.43. The first-order valence-electron chi connectivity index (χ1n) is 10.5. The lowest BCUT2D eigenvalue weighted by molar-refractivity contribution is -0.141. The summed E-state index contributed by atoms with van der Waals surface area (Å²) in [5.41, 5.74) is 3.32. The Morgan fingerprint density at radius 3 is 2.23 bits per heavy atom. The molecule has 0 spiro atoms. The van der Waals surface area contributed by atoms with E-state index < -0.39 is 11.6 Å². The van der Waals surface area contributed by atoms with Crippen molar-refractivity contribution in [3.63, 3.8) is 0 Å². The standard InChI is InChI=1S/C25H32Cl2N2O2/c1-7-22(24(31)28-25(4,5)6)29(15-19-20(26)9-8-10-21(19)27)23(30)14-18-13-16(2)11-12-17(18)3/h8-13,22H,7,14-15H2,1-6H3,(H,28,31). The molecule has 6 heteroatoms. The second-order valence-electron chi connectivity index (χ2n) is 8.99. The highest BCUT2D eigenvalue weighted by Gasteiger charge is 2.31. The highest BCUT2D eigenvalue weighted by Crippen LogP contribution is 2.27. The quantitative estimate of drug-likeness (QED) is 0.558. The molecule has 0 saturated heterocycles. The summed E-state index contributed by atoms with van der Waals surface area (Å²) in [6.45, 7) is 11.8. The second-order valence-corrected chi connectivity index (χ2v) is 9.81. The Hall–Kier alpha value is -2.04. The van der Waals surface area contributed by atoms with Gasteiger partial charge in [-0.05, 0) is 64.3 Å². The number of halogens is 2. The molecule has 0 aliphatic rings. The van der Waals surface area contributed by atoms with Crippen LogP contribution in [-0.4, -0.2) is 28.3 Å². The Kier molecular flexibility index (Phi) is 8.56. The molecule has 0 bridgehead atoms. The molecular weight excluding hydrogens is 431 g/mol. The van der Waals surface area contributed by atoms with E-state index in [-0.39, 0.29) is 24.8 Å². The zero-order valence-electron chi connectivity index (χ0n) is 19.2. The summed E-state index contributed by atoms with van der Waals surface area (Å²) in [6, 6.07) is 10.7. The molecular formula is C25H32Cl2N2O2. The van der Waals surface area contributed by atoms with Crippen LogP contribution in [0.5, 0.6) is 0 Å². The molecule has 0 saturated carbocycles. The first kappa shape index (κ1) is 25.2. The van der Waals surface area contributed by atoms with Crippen LogP contribution >= 0.6 is 23.2 Å². The molecule has 0 heterocycles. The normalized spacial score (nSPS) is 12.4. The second kappa shape index (κ2) is 10.5. The van der Waals surface area contributed by atoms with E-state index in [2.05, 4.69) is 5.32 Å². The Bertz CT molecular complexity index is 931. The van der Waals surface area contributed by atoms with Crippen LogP contribution in [0.2, 0.25) is 10.0 Å². The van der Waals surface area contributed by atoms with Gasteiger partial charge < -0.3 is 10.2 Å². The van der Waals surface area contributed by atoms with E-state index in [9.17, 15) is 9.59 Å². The highest BCUT2D eigenvalue weighted by molar-refractivity contribution is 6.36. The molecule has 2 rings (SSSR count). The molecule has 0 aromatic heterocycles. The summed E-state index contributed by atoms with van der Waals surface area (Å²) in [4.78, 5) is 28.2. The summed E-state index contributed by atoms with van der Waals surface area (Å²) < 4.78 is 0. The number of nitrogens with one attached hydrogen (secondary N) is 1. The van der Waals surface area contributed by atoms with E-state index in [1.165, 1.54) is 0 Å². The SMILES string of the molecule is CCC(C(=O)NC(C)(C)C)N(Cc1c(Cl)cccc1Cl)C(=O)Cc1cc(C)ccc1C. The van der Waals surface area contributed by atoms with Crippen molar-refractivity contribution in [3.05, 3.63) is 68.7 Å². The number of aryl methyl sites for hydroxylation is 2. The van der Waals surface area contributed by atoms with Gasteiger partial charge in [0.05, 0.1) is 6.42 Å². The average Bonchev–Trinajstić information content (AvgIpc) is 2.65. The molecule has 2 aromatic rings. The zero-order chi connectivity index (χ0) is 23.3. The van der Waals surface area contributed by atoms with Crippen LogP contribution in [-0.2, 0) is 22.6 Å². The Morgan fingerprint density at radius 1 is 1.06 bits per heavy atom. The predicted octanol–water partition coefficient (Wildman–Crippen LogP) is 5.87. The number of rotatable bonds is 7. The minimum atomic E-state index is -0.635. The fourth-order valence-electron chi connectivity index (χ4n) is 3.48. The van der Waals surface area contributed by atoms with Gasteiger partial charge in [-0.3, -0.25) is 9.59 Å². The van der Waals surface area contributed by atoms with Crippen molar-refractivity contribution in [2.24, 2.45) is 0 Å². The summed E-state index contributed by atoms with van der Waals surface area (Å²) in [5, 5.41) is 3.96. The van der Waals surface area contributed by atoms with Gasteiger partial charge in [0.15, 0.2) is 0 Å². The summed E-state index contributed by atoms with van der Waals surface area (Å²) in [6.07, 6.45) is 0.678. The van der Waals surface area contributed by atoms with E-state index in [0.29, 0.717) is 22.0 Å². The van der Waals surface area contributed by atoms with Crippen LogP contribution in [0.3, 0.4) is 0 Å². The fourth-order valence-corrected chi connectivity index (χ4v) is 4.00. The van der Waals surface area contributed by atoms with Gasteiger partial charge in [0.2, 0.25) is 11.8 Å². The topological polar surface area (TPSA) is 49.4 Å². The lowest BCUT2D eigenvalue weighted by Gasteiger charge is -2.33. The third-order valence-electron chi connectivity index (χ3n) is 5.12. The highest BCUT2D eigenvalue weighted by atomic mass is 35.5. The van der Waals surface area contributed by atoms with Crippen LogP contribution in [0.4, 0.5) is 0 Å². The van der Waals surface area contributed by atoms with Crippen molar-refractivity contribution in [3.8, 4) is 0 Å². The van der Waals surface area contributed by atoms with E-state index in [4.69, 9.17) is 23.2 Å². The van der Waals surface area contributed by atoms with Gasteiger partial charge >= 0.3 is 0 Å². The molecule has 0 radical (unpaired) electrons. The third-order valence-corrected chi connectivity index (χ3v) is 5.83. The van der Waals surface area contributed by atoms with E-state index in [1.807, 2.05) is 59.7 Å². The van der Waals surface area contributed by atoms with Crippen LogP contribution < -0.4 is 5.32 Å². The van der Waals surface area contributed by atoms with Gasteiger partial charge in [0.1, 0.15) is 6.04 Å². The zero-order valence-corrected chi connectivity index (χ0v) is 20.7. The Labute approximate surface area is 195 Å². The van der Waals surface area contributed by atoms with Crippen molar-refractivity contribution in [2.45, 2.75) is 72.5 Å². The number of hydrogen-bond acceptors (Lipinski definition) is 2. The number of benzene rings is 2. The van der Waals surface area contributed by atoms with Crippen molar-refractivity contribution < 1.29 is 9.59 Å². The van der Waals surface area contributed by atoms with Gasteiger partial charge in [0, 0.05) is 27.7 Å². The molecule has 0 aliphatic heterocycles. The summed E-state index contributed by atoms with van der Waals surface area (Å²) in [7, 11) is 0. The minimum absolute atomic E-state index is 0.138. The van der Waals surface area contributed by atoms with E-state index in [0.717, 1.165) is 16.7 Å². The minimum Gasteiger partial charge on any atom is -0.350 e. The van der Waals surface area contributed by atoms with Gasteiger partial charge in [0.25, 0.3) is 0 Å². The van der Waals surface area contributed by atoms with Crippen molar-refractivity contribution in [2.75, 3.05) is 0 Å². The van der Waals surface area contributed by atoms with Gasteiger partial charge in [-0.1, -0.05) is 60.0 Å². The van der Waals surface area contributed by atoms with Crippen LogP contribution in [0.15, 0.2) is 36.4 Å². The Morgan fingerprint density at radius 2 is 1.68 bits per heavy atom. The maximum absolute atomic E-state index is 13.5. The molecule has 31 heavy (non-hydrogen) atoms. The van der Waals surface area contributed by atoms with Gasteiger partial charge in [-0.25, -0.2) is 0 Å². The van der Waals surface area contributed by atoms with Crippen molar-refractivity contribution in [1.29, 1.82) is 0 Å². The van der Waals surface area contributed by atoms with Crippen molar-refractivity contribution >= 4 is 35.0 Å². The smallest absolute Gasteiger partial charge is 0.243 e. The van der Waals surface area contributed by atoms with E-state index >= 15 is 0 Å². The molecule has 0 aliphatic carbocycles. The monoisotopic (exact) mass is 462 g/mol. The lowest BCUT2D eigenvalue weighted by Crippen LogP contribution is -2.53. The molecule has 1 N–H and O–H groups in total. The van der Waals surface area contributed by atoms with Gasteiger partial charge in [-0.15, -0.1) is 0 Å². The van der Waals surface area contributed by atoms with Crippen LogP contribution in [0.25, 0.3) is 0 Å². The molecule has 2 amide bonds. The first-order chi connectivity index (χ1) is 14.4. The molecule has 168 valence electrons. The first-order valence-corrected chi connectivity index (χ1v) is 11.3. The van der Waals surface area contributed by atoms with Crippen molar-refractivity contribution in [1.82, 2.24) is 10.2 Å². The fraction of sp³-hybridized carbons (Fsp3) is 0.440. The third kappa shape index (κ3) is 6.98. The number of nitrogens with zero attached hydrogens (tertiary/aromatic N) is 1.